The first-order valence-electron chi connectivity index (χ1n) is 8.95. The average molecular weight is 309 g/mol. The van der Waals surface area contributed by atoms with E-state index < -0.39 is 0 Å². The van der Waals surface area contributed by atoms with E-state index in [2.05, 4.69) is 9.55 Å². The lowest BCUT2D eigenvalue weighted by Crippen LogP contribution is -2.48. The summed E-state index contributed by atoms with van der Waals surface area (Å²) in [7, 11) is 0. The summed E-state index contributed by atoms with van der Waals surface area (Å²) in [4.78, 5) is 17.2. The molecular weight excluding hydrogens is 286 g/mol. The van der Waals surface area contributed by atoms with Crippen molar-refractivity contribution >= 4 is 0 Å². The molecule has 0 saturated heterocycles. The van der Waals surface area contributed by atoms with Gasteiger partial charge in [0.25, 0.3) is 0 Å². The van der Waals surface area contributed by atoms with Crippen LogP contribution in [0.25, 0.3) is 0 Å². The number of pyridine rings is 1. The number of imidazole rings is 1. The molecule has 0 aliphatic heterocycles. The van der Waals surface area contributed by atoms with Crippen molar-refractivity contribution in [3.05, 3.63) is 53.0 Å². The van der Waals surface area contributed by atoms with Crippen LogP contribution in [0.3, 0.4) is 0 Å². The first kappa shape index (κ1) is 13.6. The normalized spacial score (nSPS) is 34.9. The molecule has 0 unspecified atom stereocenters. The fraction of sp³-hybridized carbons (Fsp3) is 0.579. The maximum atomic E-state index is 12.9. The van der Waals surface area contributed by atoms with Gasteiger partial charge in [-0.3, -0.25) is 14.1 Å². The van der Waals surface area contributed by atoms with Gasteiger partial charge in [-0.05, 0) is 67.9 Å². The van der Waals surface area contributed by atoms with Crippen LogP contribution in [-0.4, -0.2) is 14.1 Å². The van der Waals surface area contributed by atoms with Crippen LogP contribution in [0.1, 0.15) is 43.8 Å². The molecule has 0 atom stereocenters. The number of rotatable bonds is 3. The van der Waals surface area contributed by atoms with Crippen molar-refractivity contribution in [2.45, 2.75) is 44.7 Å². The summed E-state index contributed by atoms with van der Waals surface area (Å²) in [5.41, 5.74) is 1.09. The fourth-order valence-corrected chi connectivity index (χ4v) is 5.79. The largest absolute Gasteiger partial charge is 0.328 e. The number of nitrogens with zero attached hydrogens (tertiary/aromatic N) is 3. The lowest BCUT2D eigenvalue weighted by Gasteiger charge is -2.54. The molecule has 2 aromatic heterocycles. The Kier molecular flexibility index (Phi) is 3.00. The SMILES string of the molecule is O=c1n(Cc2ccccn2)ccn1C1C2CC3CC(C2)CC1C3. The maximum Gasteiger partial charge on any atom is 0.328 e. The van der Waals surface area contributed by atoms with Gasteiger partial charge in [0.1, 0.15) is 0 Å². The average Bonchev–Trinajstić information content (AvgIpc) is 2.89. The van der Waals surface area contributed by atoms with Crippen LogP contribution < -0.4 is 5.69 Å². The molecule has 4 bridgehead atoms. The second kappa shape index (κ2) is 5.08. The van der Waals surface area contributed by atoms with Gasteiger partial charge in [-0.15, -0.1) is 0 Å². The Labute approximate surface area is 136 Å². The van der Waals surface area contributed by atoms with E-state index in [9.17, 15) is 4.79 Å². The maximum absolute atomic E-state index is 12.9. The fourth-order valence-electron chi connectivity index (χ4n) is 5.79. The summed E-state index contributed by atoms with van der Waals surface area (Å²) >= 11 is 0. The van der Waals surface area contributed by atoms with Gasteiger partial charge in [-0.1, -0.05) is 6.07 Å². The Hall–Kier alpha value is -1.84. The Morgan fingerprint density at radius 2 is 1.74 bits per heavy atom. The molecule has 0 aromatic carbocycles. The molecule has 23 heavy (non-hydrogen) atoms. The monoisotopic (exact) mass is 309 g/mol. The van der Waals surface area contributed by atoms with Gasteiger partial charge in [0.2, 0.25) is 0 Å². The van der Waals surface area contributed by atoms with Crippen LogP contribution in [0.15, 0.2) is 41.6 Å². The van der Waals surface area contributed by atoms with Crippen LogP contribution in [0.4, 0.5) is 0 Å². The topological polar surface area (TPSA) is 39.8 Å². The quantitative estimate of drug-likeness (QED) is 0.874. The molecule has 0 spiro atoms. The molecule has 6 rings (SSSR count). The minimum atomic E-state index is 0.146. The predicted molar refractivity (Wildman–Crippen MR) is 88.1 cm³/mol. The lowest BCUT2D eigenvalue weighted by atomic mass is 9.54. The molecule has 4 nitrogen and oxygen atoms in total. The highest BCUT2D eigenvalue weighted by Crippen LogP contribution is 2.57. The molecule has 0 N–H and O–H groups in total. The van der Waals surface area contributed by atoms with E-state index in [1.165, 1.54) is 32.1 Å². The van der Waals surface area contributed by atoms with Crippen molar-refractivity contribution in [1.82, 2.24) is 14.1 Å². The Bertz CT molecular complexity index is 732. The summed E-state index contributed by atoms with van der Waals surface area (Å²) in [6.07, 6.45) is 12.6. The van der Waals surface area contributed by atoms with Crippen molar-refractivity contribution in [2.75, 3.05) is 0 Å². The highest BCUT2D eigenvalue weighted by molar-refractivity contribution is 5.06. The predicted octanol–water partition coefficient (Wildman–Crippen LogP) is 3.09. The van der Waals surface area contributed by atoms with Gasteiger partial charge in [-0.2, -0.15) is 0 Å². The van der Waals surface area contributed by atoms with E-state index in [1.54, 1.807) is 6.20 Å². The van der Waals surface area contributed by atoms with Crippen molar-refractivity contribution < 1.29 is 0 Å². The summed E-state index contributed by atoms with van der Waals surface area (Å²) in [5.74, 6) is 3.35. The third kappa shape index (κ3) is 2.19. The van der Waals surface area contributed by atoms with Crippen molar-refractivity contribution in [1.29, 1.82) is 0 Å². The third-order valence-corrected chi connectivity index (χ3v) is 6.43. The van der Waals surface area contributed by atoms with E-state index in [0.717, 1.165) is 29.4 Å². The van der Waals surface area contributed by atoms with Gasteiger partial charge in [0.15, 0.2) is 0 Å². The van der Waals surface area contributed by atoms with Gasteiger partial charge in [0.05, 0.1) is 12.2 Å². The van der Waals surface area contributed by atoms with E-state index >= 15 is 0 Å². The van der Waals surface area contributed by atoms with Crippen LogP contribution in [-0.2, 0) is 6.54 Å². The van der Waals surface area contributed by atoms with Crippen molar-refractivity contribution in [3.63, 3.8) is 0 Å². The van der Waals surface area contributed by atoms with Crippen LogP contribution in [0.2, 0.25) is 0 Å². The van der Waals surface area contributed by atoms with Crippen LogP contribution in [0, 0.1) is 23.7 Å². The first-order chi connectivity index (χ1) is 11.3. The Morgan fingerprint density at radius 3 is 2.39 bits per heavy atom. The minimum absolute atomic E-state index is 0.146. The summed E-state index contributed by atoms with van der Waals surface area (Å²) < 4.78 is 3.86. The zero-order valence-electron chi connectivity index (χ0n) is 13.3. The molecule has 2 heterocycles. The lowest BCUT2D eigenvalue weighted by molar-refractivity contribution is -0.0304. The highest BCUT2D eigenvalue weighted by atomic mass is 16.1. The van der Waals surface area contributed by atoms with E-state index in [-0.39, 0.29) is 5.69 Å². The minimum Gasteiger partial charge on any atom is -0.296 e. The third-order valence-electron chi connectivity index (χ3n) is 6.43. The zero-order chi connectivity index (χ0) is 15.4. The Balaban J connectivity index is 1.45. The Morgan fingerprint density at radius 1 is 1.00 bits per heavy atom. The molecule has 120 valence electrons. The second-order valence-electron chi connectivity index (χ2n) is 7.86. The first-order valence-corrected chi connectivity index (χ1v) is 8.95. The molecule has 0 radical (unpaired) electrons. The van der Waals surface area contributed by atoms with E-state index in [0.29, 0.717) is 12.6 Å². The van der Waals surface area contributed by atoms with Gasteiger partial charge in [-0.25, -0.2) is 4.79 Å². The number of hydrogen-bond donors (Lipinski definition) is 0. The summed E-state index contributed by atoms with van der Waals surface area (Å²) in [6, 6.07) is 6.31. The highest BCUT2D eigenvalue weighted by Gasteiger charge is 2.49. The molecule has 4 saturated carbocycles. The molecule has 4 aliphatic carbocycles. The molecule has 4 heteroatoms. The molecule has 0 amide bonds. The molecule has 2 aromatic rings. The van der Waals surface area contributed by atoms with Gasteiger partial charge < -0.3 is 0 Å². The van der Waals surface area contributed by atoms with Gasteiger partial charge in [0, 0.05) is 24.6 Å². The molecule has 4 aliphatic rings. The second-order valence-corrected chi connectivity index (χ2v) is 7.86. The van der Waals surface area contributed by atoms with Crippen LogP contribution in [0.5, 0.6) is 0 Å². The van der Waals surface area contributed by atoms with Gasteiger partial charge >= 0.3 is 5.69 Å². The molecule has 4 fully saturated rings. The standard InChI is InChI=1S/C19H23N3O/c23-19-21(12-17-3-1-2-4-20-17)5-6-22(19)18-15-8-13-7-14(10-15)11-16(18)9-13/h1-6,13-16,18H,7-12H2. The number of aromatic nitrogens is 3. The molecular formula is C19H23N3O. The van der Waals surface area contributed by atoms with Crippen LogP contribution >= 0.6 is 0 Å². The summed E-state index contributed by atoms with van der Waals surface area (Å²) in [6.45, 7) is 0.569. The van der Waals surface area contributed by atoms with E-state index in [1.807, 2.05) is 35.2 Å². The van der Waals surface area contributed by atoms with Crippen molar-refractivity contribution in [3.8, 4) is 0 Å². The smallest absolute Gasteiger partial charge is 0.296 e. The zero-order valence-corrected chi connectivity index (χ0v) is 13.3. The number of hydrogen-bond acceptors (Lipinski definition) is 2. The summed E-state index contributed by atoms with van der Waals surface area (Å²) in [5, 5.41) is 0. The van der Waals surface area contributed by atoms with Crippen molar-refractivity contribution in [2.24, 2.45) is 23.7 Å². The van der Waals surface area contributed by atoms with E-state index in [4.69, 9.17) is 0 Å².